The molecule has 1 aromatic rings. The molecule has 76 valence electrons. The van der Waals surface area contributed by atoms with Crippen molar-refractivity contribution in [3.63, 3.8) is 0 Å². The van der Waals surface area contributed by atoms with E-state index in [0.717, 1.165) is 5.56 Å². The lowest BCUT2D eigenvalue weighted by Crippen LogP contribution is -2.27. The van der Waals surface area contributed by atoms with E-state index in [4.69, 9.17) is 0 Å². The normalized spacial score (nSPS) is 13.7. The van der Waals surface area contributed by atoms with E-state index in [2.05, 4.69) is 0 Å². The molecule has 1 atom stereocenters. The summed E-state index contributed by atoms with van der Waals surface area (Å²) in [6.45, 7) is 4.47. The quantitative estimate of drug-likeness (QED) is 0.584. The first-order valence-corrected chi connectivity index (χ1v) is 4.86. The second-order valence-corrected chi connectivity index (χ2v) is 3.35. The first kappa shape index (κ1) is 11.0. The van der Waals surface area contributed by atoms with Gasteiger partial charge in [-0.15, -0.1) is 0 Å². The summed E-state index contributed by atoms with van der Waals surface area (Å²) in [5, 5.41) is 11.0. The zero-order chi connectivity index (χ0) is 10.4. The van der Waals surface area contributed by atoms with Crippen LogP contribution in [0.5, 0.6) is 0 Å². The molecule has 0 aliphatic heterocycles. The van der Waals surface area contributed by atoms with Gasteiger partial charge in [0.15, 0.2) is 0 Å². The Hall–Kier alpha value is -1.12. The number of nitrogens with zero attached hydrogens (tertiary/aromatic N) is 1. The third-order valence-corrected chi connectivity index (χ3v) is 2.13. The second-order valence-electron chi connectivity index (χ2n) is 3.35. The number of hydroxylamine groups is 2. The highest BCUT2D eigenvalue weighted by molar-refractivity contribution is 5.14. The van der Waals surface area contributed by atoms with Gasteiger partial charge < -0.3 is 5.21 Å². The van der Waals surface area contributed by atoms with Gasteiger partial charge in [0.05, 0.1) is 6.04 Å². The molecular weight excluding hydrogens is 174 g/mol. The van der Waals surface area contributed by atoms with Gasteiger partial charge in [-0.25, -0.2) is 0 Å². The minimum atomic E-state index is 0.0557. The monoisotopic (exact) mass is 191 g/mol. The molecule has 2 heteroatoms. The fourth-order valence-electron chi connectivity index (χ4n) is 1.29. The molecule has 2 nitrogen and oxygen atoms in total. The standard InChI is InChI=1S/C12H17NO/c1-3-7-11(2)13(14)10-12-8-5-4-6-9-12/h3-9,11,14H,10H2,1-2H3/b7-3+. The number of benzene rings is 1. The van der Waals surface area contributed by atoms with Crippen molar-refractivity contribution in [2.24, 2.45) is 0 Å². The topological polar surface area (TPSA) is 23.5 Å². The maximum atomic E-state index is 9.68. The molecule has 1 unspecified atom stereocenters. The summed E-state index contributed by atoms with van der Waals surface area (Å²) in [6, 6.07) is 9.99. The predicted octanol–water partition coefficient (Wildman–Crippen LogP) is 2.84. The van der Waals surface area contributed by atoms with E-state index in [9.17, 15) is 5.21 Å². The van der Waals surface area contributed by atoms with E-state index in [-0.39, 0.29) is 6.04 Å². The minimum Gasteiger partial charge on any atom is -0.313 e. The van der Waals surface area contributed by atoms with Gasteiger partial charge in [0.1, 0.15) is 0 Å². The van der Waals surface area contributed by atoms with Gasteiger partial charge in [-0.3, -0.25) is 0 Å². The molecule has 0 aromatic heterocycles. The van der Waals surface area contributed by atoms with Gasteiger partial charge in [-0.1, -0.05) is 42.5 Å². The predicted molar refractivity (Wildman–Crippen MR) is 58.0 cm³/mol. The Balaban J connectivity index is 2.52. The third-order valence-electron chi connectivity index (χ3n) is 2.13. The van der Waals surface area contributed by atoms with Gasteiger partial charge in [0.25, 0.3) is 0 Å². The molecular formula is C12H17NO. The molecule has 0 heterocycles. The van der Waals surface area contributed by atoms with Crippen LogP contribution in [-0.4, -0.2) is 16.3 Å². The average molecular weight is 191 g/mol. The fourth-order valence-corrected chi connectivity index (χ4v) is 1.29. The van der Waals surface area contributed by atoms with E-state index in [1.54, 1.807) is 0 Å². The van der Waals surface area contributed by atoms with Crippen LogP contribution in [0, 0.1) is 0 Å². The Labute approximate surface area is 85.4 Å². The van der Waals surface area contributed by atoms with Crippen molar-refractivity contribution in [2.45, 2.75) is 26.4 Å². The van der Waals surface area contributed by atoms with Crippen LogP contribution in [0.15, 0.2) is 42.5 Å². The summed E-state index contributed by atoms with van der Waals surface area (Å²) in [5.74, 6) is 0. The highest BCUT2D eigenvalue weighted by atomic mass is 16.5. The van der Waals surface area contributed by atoms with E-state index in [1.807, 2.05) is 56.3 Å². The first-order chi connectivity index (χ1) is 6.74. The van der Waals surface area contributed by atoms with Crippen molar-refractivity contribution in [1.82, 2.24) is 5.06 Å². The lowest BCUT2D eigenvalue weighted by atomic mass is 10.2. The summed E-state index contributed by atoms with van der Waals surface area (Å²) in [6.07, 6.45) is 3.90. The molecule has 1 aromatic carbocycles. The lowest BCUT2D eigenvalue weighted by Gasteiger charge is -2.19. The molecule has 0 bridgehead atoms. The molecule has 0 saturated carbocycles. The summed E-state index contributed by atoms with van der Waals surface area (Å²) in [4.78, 5) is 0. The van der Waals surface area contributed by atoms with Crippen molar-refractivity contribution < 1.29 is 5.21 Å². The Morgan fingerprint density at radius 3 is 2.57 bits per heavy atom. The molecule has 0 aliphatic rings. The molecule has 1 rings (SSSR count). The van der Waals surface area contributed by atoms with Gasteiger partial charge in [0.2, 0.25) is 0 Å². The Bertz CT molecular complexity index is 282. The number of hydrogen-bond donors (Lipinski definition) is 1. The van der Waals surface area contributed by atoms with Gasteiger partial charge in [-0.05, 0) is 19.4 Å². The average Bonchev–Trinajstić information content (AvgIpc) is 2.19. The lowest BCUT2D eigenvalue weighted by molar-refractivity contribution is -0.117. The van der Waals surface area contributed by atoms with Crippen LogP contribution in [0.4, 0.5) is 0 Å². The molecule has 0 saturated heterocycles. The smallest absolute Gasteiger partial charge is 0.0505 e. The second kappa shape index (κ2) is 5.58. The summed E-state index contributed by atoms with van der Waals surface area (Å²) < 4.78 is 0. The molecule has 1 N–H and O–H groups in total. The highest BCUT2D eigenvalue weighted by Crippen LogP contribution is 2.06. The Morgan fingerprint density at radius 1 is 1.36 bits per heavy atom. The zero-order valence-corrected chi connectivity index (χ0v) is 8.72. The third kappa shape index (κ3) is 3.32. The molecule has 14 heavy (non-hydrogen) atoms. The SMILES string of the molecule is C/C=C/C(C)N(O)Cc1ccccc1. The van der Waals surface area contributed by atoms with Gasteiger partial charge in [0, 0.05) is 6.54 Å². The van der Waals surface area contributed by atoms with E-state index >= 15 is 0 Å². The van der Waals surface area contributed by atoms with Crippen LogP contribution in [-0.2, 0) is 6.54 Å². The summed E-state index contributed by atoms with van der Waals surface area (Å²) in [7, 11) is 0. The molecule has 0 fully saturated rings. The summed E-state index contributed by atoms with van der Waals surface area (Å²) >= 11 is 0. The van der Waals surface area contributed by atoms with Crippen molar-refractivity contribution in [1.29, 1.82) is 0 Å². The van der Waals surface area contributed by atoms with Crippen LogP contribution >= 0.6 is 0 Å². The largest absolute Gasteiger partial charge is 0.313 e. The molecule has 0 radical (unpaired) electrons. The molecule has 0 amide bonds. The van der Waals surface area contributed by atoms with Crippen molar-refractivity contribution in [3.05, 3.63) is 48.0 Å². The van der Waals surface area contributed by atoms with Crippen LogP contribution in [0.25, 0.3) is 0 Å². The number of allylic oxidation sites excluding steroid dienone is 1. The van der Waals surface area contributed by atoms with Crippen molar-refractivity contribution >= 4 is 0 Å². The van der Waals surface area contributed by atoms with E-state index < -0.39 is 0 Å². The van der Waals surface area contributed by atoms with E-state index in [1.165, 1.54) is 5.06 Å². The van der Waals surface area contributed by atoms with Crippen LogP contribution in [0.2, 0.25) is 0 Å². The first-order valence-electron chi connectivity index (χ1n) is 4.86. The highest BCUT2D eigenvalue weighted by Gasteiger charge is 2.07. The van der Waals surface area contributed by atoms with Crippen LogP contribution in [0.1, 0.15) is 19.4 Å². The minimum absolute atomic E-state index is 0.0557. The molecule has 0 spiro atoms. The Morgan fingerprint density at radius 2 is 2.00 bits per heavy atom. The zero-order valence-electron chi connectivity index (χ0n) is 8.72. The Kier molecular flexibility index (Phi) is 4.36. The maximum Gasteiger partial charge on any atom is 0.0505 e. The maximum absolute atomic E-state index is 9.68. The summed E-state index contributed by atoms with van der Waals surface area (Å²) in [5.41, 5.74) is 1.12. The molecule has 0 aliphatic carbocycles. The van der Waals surface area contributed by atoms with Gasteiger partial charge in [-0.2, -0.15) is 5.06 Å². The van der Waals surface area contributed by atoms with Crippen LogP contribution in [0.3, 0.4) is 0 Å². The van der Waals surface area contributed by atoms with Crippen molar-refractivity contribution in [3.8, 4) is 0 Å². The number of rotatable bonds is 4. The van der Waals surface area contributed by atoms with Crippen LogP contribution < -0.4 is 0 Å². The van der Waals surface area contributed by atoms with E-state index in [0.29, 0.717) is 6.54 Å². The van der Waals surface area contributed by atoms with Crippen molar-refractivity contribution in [2.75, 3.05) is 0 Å². The van der Waals surface area contributed by atoms with Gasteiger partial charge >= 0.3 is 0 Å². The fraction of sp³-hybridized carbons (Fsp3) is 0.333. The number of hydrogen-bond acceptors (Lipinski definition) is 2.